The van der Waals surface area contributed by atoms with E-state index in [2.05, 4.69) is 15.9 Å². The Bertz CT molecular complexity index is 619. The van der Waals surface area contributed by atoms with E-state index in [-0.39, 0.29) is 4.47 Å². The first-order valence-electron chi connectivity index (χ1n) is 6.17. The van der Waals surface area contributed by atoms with Gasteiger partial charge in [-0.25, -0.2) is 8.78 Å². The van der Waals surface area contributed by atoms with Gasteiger partial charge in [0.2, 0.25) is 0 Å². The van der Waals surface area contributed by atoms with Crippen LogP contribution in [0.5, 0.6) is 5.75 Å². The van der Waals surface area contributed by atoms with Gasteiger partial charge < -0.3 is 10.5 Å². The zero-order valence-corrected chi connectivity index (χ0v) is 12.5. The van der Waals surface area contributed by atoms with E-state index in [0.717, 1.165) is 11.6 Å². The van der Waals surface area contributed by atoms with Crippen molar-refractivity contribution in [3.05, 3.63) is 63.6 Å². The first kappa shape index (κ1) is 14.9. The van der Waals surface area contributed by atoms with Crippen LogP contribution in [0, 0.1) is 11.6 Å². The molecule has 0 aromatic heterocycles. The standard InChI is InChI=1S/C15H14BrF2NO/c1-2-20-12-6-4-3-5-9(12)15(19)10-7-8-11(17)14(18)13(10)16/h3-8,15H,2,19H2,1H3. The molecule has 0 amide bonds. The van der Waals surface area contributed by atoms with Gasteiger partial charge in [0.15, 0.2) is 11.6 Å². The van der Waals surface area contributed by atoms with E-state index in [4.69, 9.17) is 10.5 Å². The summed E-state index contributed by atoms with van der Waals surface area (Å²) in [5, 5.41) is 0. The lowest BCUT2D eigenvalue weighted by Gasteiger charge is -2.18. The lowest BCUT2D eigenvalue weighted by atomic mass is 9.98. The molecule has 0 aliphatic rings. The highest BCUT2D eigenvalue weighted by Gasteiger charge is 2.20. The minimum atomic E-state index is -0.938. The van der Waals surface area contributed by atoms with Crippen molar-refractivity contribution in [3.8, 4) is 5.75 Å². The van der Waals surface area contributed by atoms with E-state index in [1.165, 1.54) is 6.07 Å². The molecule has 2 nitrogen and oxygen atoms in total. The van der Waals surface area contributed by atoms with E-state index >= 15 is 0 Å². The Hall–Kier alpha value is -1.46. The van der Waals surface area contributed by atoms with Crippen LogP contribution in [0.15, 0.2) is 40.9 Å². The van der Waals surface area contributed by atoms with Crippen LogP contribution in [0.1, 0.15) is 24.1 Å². The van der Waals surface area contributed by atoms with Crippen LogP contribution >= 0.6 is 15.9 Å². The summed E-state index contributed by atoms with van der Waals surface area (Å²) in [7, 11) is 0. The molecule has 2 N–H and O–H groups in total. The van der Waals surface area contributed by atoms with Gasteiger partial charge in [0.1, 0.15) is 5.75 Å². The smallest absolute Gasteiger partial charge is 0.173 e. The van der Waals surface area contributed by atoms with Crippen molar-refractivity contribution >= 4 is 15.9 Å². The number of hydrogen-bond acceptors (Lipinski definition) is 2. The highest BCUT2D eigenvalue weighted by Crippen LogP contribution is 2.33. The quantitative estimate of drug-likeness (QED) is 0.847. The summed E-state index contributed by atoms with van der Waals surface area (Å²) in [6.45, 7) is 2.37. The summed E-state index contributed by atoms with van der Waals surface area (Å²) < 4.78 is 32.3. The summed E-state index contributed by atoms with van der Waals surface area (Å²) in [6, 6.07) is 9.19. The maximum Gasteiger partial charge on any atom is 0.173 e. The topological polar surface area (TPSA) is 35.2 Å². The number of ether oxygens (including phenoxy) is 1. The zero-order valence-electron chi connectivity index (χ0n) is 10.9. The molecule has 0 fully saturated rings. The summed E-state index contributed by atoms with van der Waals surface area (Å²) in [4.78, 5) is 0. The van der Waals surface area contributed by atoms with E-state index in [0.29, 0.717) is 17.9 Å². The average molecular weight is 342 g/mol. The molecule has 106 valence electrons. The Kier molecular flexibility index (Phi) is 4.73. The second-order valence-corrected chi connectivity index (χ2v) is 5.01. The molecule has 0 spiro atoms. The summed E-state index contributed by atoms with van der Waals surface area (Å²) in [5.74, 6) is -1.21. The third-order valence-electron chi connectivity index (χ3n) is 2.95. The number of halogens is 3. The fourth-order valence-corrected chi connectivity index (χ4v) is 2.54. The molecule has 0 heterocycles. The van der Waals surface area contributed by atoms with Gasteiger partial charge in [-0.1, -0.05) is 24.3 Å². The molecule has 0 radical (unpaired) electrons. The molecule has 20 heavy (non-hydrogen) atoms. The molecule has 1 unspecified atom stereocenters. The molecule has 1 atom stereocenters. The van der Waals surface area contributed by atoms with Gasteiger partial charge in [-0.05, 0) is 40.5 Å². The third kappa shape index (κ3) is 2.83. The van der Waals surface area contributed by atoms with Crippen molar-refractivity contribution in [2.24, 2.45) is 5.73 Å². The predicted molar refractivity (Wildman–Crippen MR) is 77.7 cm³/mol. The van der Waals surface area contributed by atoms with Gasteiger partial charge in [-0.2, -0.15) is 0 Å². The second kappa shape index (κ2) is 6.33. The molecule has 0 saturated carbocycles. The van der Waals surface area contributed by atoms with Crippen molar-refractivity contribution in [1.29, 1.82) is 0 Å². The van der Waals surface area contributed by atoms with Crippen LogP contribution < -0.4 is 10.5 Å². The van der Waals surface area contributed by atoms with Crippen molar-refractivity contribution < 1.29 is 13.5 Å². The monoisotopic (exact) mass is 341 g/mol. The summed E-state index contributed by atoms with van der Waals surface area (Å²) >= 11 is 3.06. The predicted octanol–water partition coefficient (Wildman–Crippen LogP) is 4.17. The van der Waals surface area contributed by atoms with Crippen molar-refractivity contribution in [2.75, 3.05) is 6.61 Å². The van der Waals surface area contributed by atoms with E-state index in [9.17, 15) is 8.78 Å². The van der Waals surface area contributed by atoms with Crippen molar-refractivity contribution in [1.82, 2.24) is 0 Å². The van der Waals surface area contributed by atoms with Crippen LogP contribution in [-0.4, -0.2) is 6.61 Å². The Morgan fingerprint density at radius 2 is 1.85 bits per heavy atom. The van der Waals surface area contributed by atoms with Crippen LogP contribution in [0.3, 0.4) is 0 Å². The van der Waals surface area contributed by atoms with Crippen molar-refractivity contribution in [3.63, 3.8) is 0 Å². The SMILES string of the molecule is CCOc1ccccc1C(N)c1ccc(F)c(F)c1Br. The van der Waals surface area contributed by atoms with Crippen LogP contribution in [0.25, 0.3) is 0 Å². The first-order chi connectivity index (χ1) is 9.56. The number of benzene rings is 2. The largest absolute Gasteiger partial charge is 0.494 e. The lowest BCUT2D eigenvalue weighted by Crippen LogP contribution is -2.15. The lowest BCUT2D eigenvalue weighted by molar-refractivity contribution is 0.335. The molecule has 2 rings (SSSR count). The molecule has 0 aliphatic heterocycles. The highest BCUT2D eigenvalue weighted by molar-refractivity contribution is 9.10. The van der Waals surface area contributed by atoms with Crippen molar-refractivity contribution in [2.45, 2.75) is 13.0 Å². The second-order valence-electron chi connectivity index (χ2n) is 4.21. The van der Waals surface area contributed by atoms with Gasteiger partial charge >= 0.3 is 0 Å². The number of hydrogen-bond donors (Lipinski definition) is 1. The fourth-order valence-electron chi connectivity index (χ4n) is 1.97. The minimum Gasteiger partial charge on any atom is -0.494 e. The van der Waals surface area contributed by atoms with E-state index < -0.39 is 17.7 Å². The third-order valence-corrected chi connectivity index (χ3v) is 3.76. The normalized spacial score (nSPS) is 12.2. The number of nitrogens with two attached hydrogens (primary N) is 1. The van der Waals surface area contributed by atoms with Gasteiger partial charge in [-0.3, -0.25) is 0 Å². The summed E-state index contributed by atoms with van der Waals surface area (Å²) in [5.41, 5.74) is 7.36. The van der Waals surface area contributed by atoms with Crippen LogP contribution in [0.4, 0.5) is 8.78 Å². The fraction of sp³-hybridized carbons (Fsp3) is 0.200. The Morgan fingerprint density at radius 1 is 1.15 bits per heavy atom. The molecule has 0 bridgehead atoms. The number of rotatable bonds is 4. The molecule has 0 aliphatic carbocycles. The molecule has 2 aromatic carbocycles. The van der Waals surface area contributed by atoms with Gasteiger partial charge in [0, 0.05) is 5.56 Å². The molecular formula is C15H14BrF2NO. The highest BCUT2D eigenvalue weighted by atomic mass is 79.9. The Balaban J connectivity index is 2.46. The maximum atomic E-state index is 13.6. The molecule has 0 saturated heterocycles. The maximum absolute atomic E-state index is 13.6. The Morgan fingerprint density at radius 3 is 2.55 bits per heavy atom. The summed E-state index contributed by atoms with van der Waals surface area (Å²) in [6.07, 6.45) is 0. The molecule has 5 heteroatoms. The van der Waals surface area contributed by atoms with Crippen LogP contribution in [0.2, 0.25) is 0 Å². The van der Waals surface area contributed by atoms with E-state index in [1.807, 2.05) is 25.1 Å². The molecular weight excluding hydrogens is 328 g/mol. The zero-order chi connectivity index (χ0) is 14.7. The first-order valence-corrected chi connectivity index (χ1v) is 6.96. The van der Waals surface area contributed by atoms with Gasteiger partial charge in [0.25, 0.3) is 0 Å². The van der Waals surface area contributed by atoms with E-state index in [1.54, 1.807) is 6.07 Å². The molecule has 2 aromatic rings. The Labute approximate surface area is 124 Å². The van der Waals surface area contributed by atoms with Gasteiger partial charge in [-0.15, -0.1) is 0 Å². The van der Waals surface area contributed by atoms with Gasteiger partial charge in [0.05, 0.1) is 17.1 Å². The minimum absolute atomic E-state index is 0.0382. The average Bonchev–Trinajstić information content (AvgIpc) is 2.45. The van der Waals surface area contributed by atoms with Crippen LogP contribution in [-0.2, 0) is 0 Å². The number of para-hydroxylation sites is 1.